The van der Waals surface area contributed by atoms with E-state index in [4.69, 9.17) is 21.1 Å². The maximum Gasteiger partial charge on any atom is 0.324 e. The van der Waals surface area contributed by atoms with Crippen molar-refractivity contribution in [1.29, 1.82) is 0 Å². The van der Waals surface area contributed by atoms with Gasteiger partial charge in [0.05, 0.1) is 19.6 Å². The number of carbonyl (C=O) groups is 2. The largest absolute Gasteiger partial charge is 0.466 e. The second kappa shape index (κ2) is 12.3. The van der Waals surface area contributed by atoms with Crippen LogP contribution < -0.4 is 0 Å². The molecular weight excluding hydrogens is 268 g/mol. The topological polar surface area (TPSA) is 52.6 Å². The van der Waals surface area contributed by atoms with Crippen molar-refractivity contribution in [3.8, 4) is 0 Å². The van der Waals surface area contributed by atoms with Gasteiger partial charge in [0.15, 0.2) is 0 Å². The molecule has 1 unspecified atom stereocenters. The predicted molar refractivity (Wildman–Crippen MR) is 75.2 cm³/mol. The number of hydrogen-bond donors (Lipinski definition) is 0. The van der Waals surface area contributed by atoms with Crippen LogP contribution in [0, 0.1) is 0 Å². The number of alkyl halides is 1. The Morgan fingerprint density at radius 1 is 0.947 bits per heavy atom. The van der Waals surface area contributed by atoms with Crippen molar-refractivity contribution in [2.75, 3.05) is 13.2 Å². The Kier molecular flexibility index (Phi) is 11.8. The molecule has 0 aromatic rings. The maximum absolute atomic E-state index is 11.5. The van der Waals surface area contributed by atoms with Crippen molar-refractivity contribution < 1.29 is 19.1 Å². The summed E-state index contributed by atoms with van der Waals surface area (Å²) in [6.07, 6.45) is 5.72. The monoisotopic (exact) mass is 292 g/mol. The summed E-state index contributed by atoms with van der Waals surface area (Å²) in [7, 11) is 0. The third-order valence-electron chi connectivity index (χ3n) is 2.60. The van der Waals surface area contributed by atoms with Crippen LogP contribution >= 0.6 is 11.6 Å². The van der Waals surface area contributed by atoms with E-state index in [1.165, 1.54) is 0 Å². The maximum atomic E-state index is 11.5. The zero-order valence-corrected chi connectivity index (χ0v) is 12.7. The Labute approximate surface area is 120 Å². The normalized spacial score (nSPS) is 11.9. The average molecular weight is 293 g/mol. The molecule has 0 amide bonds. The molecule has 0 saturated carbocycles. The fourth-order valence-electron chi connectivity index (χ4n) is 1.44. The van der Waals surface area contributed by atoms with E-state index in [1.54, 1.807) is 0 Å². The highest BCUT2D eigenvalue weighted by Crippen LogP contribution is 2.08. The van der Waals surface area contributed by atoms with Gasteiger partial charge >= 0.3 is 11.9 Å². The summed E-state index contributed by atoms with van der Waals surface area (Å²) in [5, 5.41) is -0.944. The van der Waals surface area contributed by atoms with Crippen LogP contribution in [0.5, 0.6) is 0 Å². The molecule has 0 aromatic heterocycles. The first-order valence-electron chi connectivity index (χ1n) is 7.08. The summed E-state index contributed by atoms with van der Waals surface area (Å²) >= 11 is 5.80. The van der Waals surface area contributed by atoms with E-state index in [1.807, 2.05) is 0 Å². The van der Waals surface area contributed by atoms with Crippen LogP contribution in [0.25, 0.3) is 0 Å². The first kappa shape index (κ1) is 18.2. The highest BCUT2D eigenvalue weighted by molar-refractivity contribution is 6.30. The molecule has 1 atom stereocenters. The lowest BCUT2D eigenvalue weighted by atomic mass is 10.2. The Balaban J connectivity index is 3.66. The van der Waals surface area contributed by atoms with Gasteiger partial charge in [-0.1, -0.05) is 39.5 Å². The summed E-state index contributed by atoms with van der Waals surface area (Å²) in [4.78, 5) is 22.8. The highest BCUT2D eigenvalue weighted by Gasteiger charge is 2.21. The number of ether oxygens (including phenoxy) is 2. The standard InChI is InChI=1S/C14H25ClO4/c1-3-5-7-9-18-13(16)11-12(15)14(17)19-10-8-6-4-2/h12H,3-11H2,1-2H3. The van der Waals surface area contributed by atoms with E-state index in [0.29, 0.717) is 13.2 Å². The first-order valence-corrected chi connectivity index (χ1v) is 7.51. The molecule has 0 fully saturated rings. The van der Waals surface area contributed by atoms with Crippen molar-refractivity contribution in [1.82, 2.24) is 0 Å². The summed E-state index contributed by atoms with van der Waals surface area (Å²) in [6.45, 7) is 4.90. The van der Waals surface area contributed by atoms with Crippen LogP contribution in [-0.4, -0.2) is 30.5 Å². The highest BCUT2D eigenvalue weighted by atomic mass is 35.5. The molecule has 0 rings (SSSR count). The van der Waals surface area contributed by atoms with Crippen LogP contribution in [0.3, 0.4) is 0 Å². The molecule has 0 radical (unpaired) electrons. The van der Waals surface area contributed by atoms with Gasteiger partial charge in [0.2, 0.25) is 0 Å². The smallest absolute Gasteiger partial charge is 0.324 e. The predicted octanol–water partition coefficient (Wildman–Crippen LogP) is 3.45. The molecule has 0 heterocycles. The zero-order valence-electron chi connectivity index (χ0n) is 12.0. The van der Waals surface area contributed by atoms with Crippen molar-refractivity contribution in [3.63, 3.8) is 0 Å². The molecule has 5 heteroatoms. The van der Waals surface area contributed by atoms with Crippen LogP contribution in [0.1, 0.15) is 58.8 Å². The molecule has 0 aliphatic carbocycles. The summed E-state index contributed by atoms with van der Waals surface area (Å²) in [6, 6.07) is 0. The number of unbranched alkanes of at least 4 members (excludes halogenated alkanes) is 4. The van der Waals surface area contributed by atoms with E-state index in [2.05, 4.69) is 13.8 Å². The van der Waals surface area contributed by atoms with Crippen LogP contribution in [0.4, 0.5) is 0 Å². The molecule has 0 aliphatic heterocycles. The zero-order chi connectivity index (χ0) is 14.5. The number of rotatable bonds is 11. The van der Waals surface area contributed by atoms with E-state index >= 15 is 0 Å². The fraction of sp³-hybridized carbons (Fsp3) is 0.857. The van der Waals surface area contributed by atoms with Gasteiger partial charge in [0.1, 0.15) is 5.38 Å². The van der Waals surface area contributed by atoms with Gasteiger partial charge in [-0.3, -0.25) is 9.59 Å². The van der Waals surface area contributed by atoms with Gasteiger partial charge in [-0.15, -0.1) is 11.6 Å². The quantitative estimate of drug-likeness (QED) is 0.332. The third kappa shape index (κ3) is 10.8. The van der Waals surface area contributed by atoms with E-state index in [-0.39, 0.29) is 6.42 Å². The lowest BCUT2D eigenvalue weighted by Crippen LogP contribution is -2.23. The van der Waals surface area contributed by atoms with Crippen molar-refractivity contribution in [2.24, 2.45) is 0 Å². The van der Waals surface area contributed by atoms with Gasteiger partial charge in [0, 0.05) is 0 Å². The minimum absolute atomic E-state index is 0.125. The molecule has 19 heavy (non-hydrogen) atoms. The molecule has 0 bridgehead atoms. The lowest BCUT2D eigenvalue weighted by molar-refractivity contribution is -0.150. The number of halogens is 1. The molecule has 0 spiro atoms. The van der Waals surface area contributed by atoms with Gasteiger partial charge in [-0.05, 0) is 12.8 Å². The lowest BCUT2D eigenvalue weighted by Gasteiger charge is -2.09. The van der Waals surface area contributed by atoms with Crippen LogP contribution in [-0.2, 0) is 19.1 Å². The van der Waals surface area contributed by atoms with Crippen LogP contribution in [0.2, 0.25) is 0 Å². The number of esters is 2. The van der Waals surface area contributed by atoms with Crippen molar-refractivity contribution >= 4 is 23.5 Å². The second-order valence-corrected chi connectivity index (χ2v) is 5.00. The van der Waals surface area contributed by atoms with E-state index < -0.39 is 17.3 Å². The van der Waals surface area contributed by atoms with Crippen molar-refractivity contribution in [3.05, 3.63) is 0 Å². The molecule has 0 N–H and O–H groups in total. The molecule has 0 aromatic carbocycles. The van der Waals surface area contributed by atoms with Gasteiger partial charge in [-0.2, -0.15) is 0 Å². The van der Waals surface area contributed by atoms with Crippen molar-refractivity contribution in [2.45, 2.75) is 64.2 Å². The molecular formula is C14H25ClO4. The summed E-state index contributed by atoms with van der Waals surface area (Å²) in [5.41, 5.74) is 0. The molecule has 0 saturated heterocycles. The van der Waals surface area contributed by atoms with Gasteiger partial charge < -0.3 is 9.47 Å². The Hall–Kier alpha value is -0.770. The second-order valence-electron chi connectivity index (χ2n) is 4.47. The molecule has 4 nitrogen and oxygen atoms in total. The van der Waals surface area contributed by atoms with Gasteiger partial charge in [0.25, 0.3) is 0 Å². The number of carbonyl (C=O) groups excluding carboxylic acids is 2. The SMILES string of the molecule is CCCCCOC(=O)CC(Cl)C(=O)OCCCCC. The Morgan fingerprint density at radius 3 is 2.00 bits per heavy atom. The minimum Gasteiger partial charge on any atom is -0.466 e. The molecule has 112 valence electrons. The summed E-state index contributed by atoms with van der Waals surface area (Å²) < 4.78 is 9.95. The average Bonchev–Trinajstić information content (AvgIpc) is 2.39. The van der Waals surface area contributed by atoms with Crippen LogP contribution in [0.15, 0.2) is 0 Å². The summed E-state index contributed by atoms with van der Waals surface area (Å²) in [5.74, 6) is -0.982. The minimum atomic E-state index is -0.944. The van der Waals surface area contributed by atoms with E-state index in [0.717, 1.165) is 38.5 Å². The van der Waals surface area contributed by atoms with E-state index in [9.17, 15) is 9.59 Å². The Morgan fingerprint density at radius 2 is 1.47 bits per heavy atom. The third-order valence-corrected chi connectivity index (χ3v) is 2.94. The number of hydrogen-bond acceptors (Lipinski definition) is 4. The Bertz CT molecular complexity index is 256. The first-order chi connectivity index (χ1) is 9.11. The fourth-order valence-corrected chi connectivity index (χ4v) is 1.63. The van der Waals surface area contributed by atoms with Gasteiger partial charge in [-0.25, -0.2) is 0 Å². The molecule has 0 aliphatic rings.